The Morgan fingerprint density at radius 2 is 1.44 bits per heavy atom. The van der Waals surface area contributed by atoms with E-state index in [-0.39, 0.29) is 18.1 Å². The van der Waals surface area contributed by atoms with Gasteiger partial charge in [-0.15, -0.1) is 0 Å². The highest BCUT2D eigenvalue weighted by atomic mass is 16.3. The molecule has 0 spiro atoms. The highest BCUT2D eigenvalue weighted by Gasteiger charge is 2.37. The number of nitrogens with zero attached hydrogens (tertiary/aromatic N) is 1. The minimum absolute atomic E-state index is 0.276. The maximum Gasteiger partial charge on any atom is 0.245 e. The molecule has 5 N–H and O–H groups in total. The van der Waals surface area contributed by atoms with E-state index < -0.39 is 42.1 Å². The predicted octanol–water partition coefficient (Wildman–Crippen LogP) is 4.30. The number of likely N-dealkylation sites (tertiary alicyclic amines) is 1. The number of nitrogens with two attached hydrogens (primary N) is 1. The van der Waals surface area contributed by atoms with Crippen molar-refractivity contribution in [2.45, 2.75) is 161 Å². The summed E-state index contributed by atoms with van der Waals surface area (Å²) >= 11 is 0. The average Bonchev–Trinajstić information content (AvgIpc) is 3.44. The second kappa shape index (κ2) is 21.4. The number of nitrogens with one attached hydrogen (secondary N) is 2. The number of hydrogen-bond acceptors (Lipinski definition) is 6. The maximum absolute atomic E-state index is 12.9. The Hall–Kier alpha value is -2.26. The van der Waals surface area contributed by atoms with E-state index in [1.165, 1.54) is 56.8 Å². The van der Waals surface area contributed by atoms with E-state index in [1.54, 1.807) is 13.8 Å². The lowest BCUT2D eigenvalue weighted by atomic mass is 10.0. The molecule has 1 rings (SSSR count). The zero-order valence-corrected chi connectivity index (χ0v) is 26.2. The molecule has 41 heavy (non-hydrogen) atoms. The number of rotatable bonds is 22. The van der Waals surface area contributed by atoms with Gasteiger partial charge in [-0.2, -0.15) is 0 Å². The quantitative estimate of drug-likeness (QED) is 0.111. The first-order valence-electron chi connectivity index (χ1n) is 16.1. The van der Waals surface area contributed by atoms with E-state index in [9.17, 15) is 24.3 Å². The van der Waals surface area contributed by atoms with Gasteiger partial charge in [0, 0.05) is 13.0 Å². The fourth-order valence-corrected chi connectivity index (χ4v) is 5.15. The second-order valence-electron chi connectivity index (χ2n) is 11.8. The van der Waals surface area contributed by atoms with Crippen molar-refractivity contribution in [3.05, 3.63) is 12.2 Å². The lowest BCUT2D eigenvalue weighted by Gasteiger charge is -2.29. The Morgan fingerprint density at radius 1 is 0.878 bits per heavy atom. The Labute approximate surface area is 248 Å². The molecule has 0 radical (unpaired) electrons. The largest absolute Gasteiger partial charge is 0.383 e. The number of allylic oxidation sites excluding steroid dienone is 2. The van der Waals surface area contributed by atoms with Crippen LogP contribution in [-0.4, -0.2) is 70.3 Å². The van der Waals surface area contributed by atoms with Crippen LogP contribution in [0.25, 0.3) is 0 Å². The van der Waals surface area contributed by atoms with Crippen molar-refractivity contribution in [3.63, 3.8) is 0 Å². The predicted molar refractivity (Wildman–Crippen MR) is 164 cm³/mol. The number of carbonyl (C=O) groups excluding carboxylic acids is 4. The van der Waals surface area contributed by atoms with Gasteiger partial charge in [-0.3, -0.25) is 19.2 Å². The number of aliphatic hydroxyl groups is 1. The molecular formula is C32H58N4O5. The molecule has 1 unspecified atom stereocenters. The summed E-state index contributed by atoms with van der Waals surface area (Å²) < 4.78 is 0. The van der Waals surface area contributed by atoms with Crippen LogP contribution in [0.5, 0.6) is 0 Å². The first kappa shape index (κ1) is 36.8. The van der Waals surface area contributed by atoms with Gasteiger partial charge in [0.25, 0.3) is 0 Å². The molecule has 0 bridgehead atoms. The van der Waals surface area contributed by atoms with Gasteiger partial charge in [0.2, 0.25) is 17.7 Å². The van der Waals surface area contributed by atoms with Crippen molar-refractivity contribution in [2.24, 2.45) is 5.73 Å². The molecule has 1 saturated heterocycles. The van der Waals surface area contributed by atoms with Crippen LogP contribution in [0.3, 0.4) is 0 Å². The third-order valence-corrected chi connectivity index (χ3v) is 7.84. The molecule has 0 saturated carbocycles. The fourth-order valence-electron chi connectivity index (χ4n) is 5.15. The van der Waals surface area contributed by atoms with E-state index in [0.717, 1.165) is 38.5 Å². The zero-order valence-electron chi connectivity index (χ0n) is 26.2. The highest BCUT2D eigenvalue weighted by molar-refractivity contribution is 5.93. The molecule has 236 valence electrons. The van der Waals surface area contributed by atoms with Crippen LogP contribution in [0.15, 0.2) is 12.2 Å². The van der Waals surface area contributed by atoms with Crippen molar-refractivity contribution in [3.8, 4) is 0 Å². The van der Waals surface area contributed by atoms with E-state index in [0.29, 0.717) is 19.4 Å². The number of carbonyl (C=O) groups is 4. The molecule has 5 atom stereocenters. The van der Waals surface area contributed by atoms with E-state index >= 15 is 0 Å². The molecule has 0 aromatic heterocycles. The van der Waals surface area contributed by atoms with Gasteiger partial charge < -0.3 is 26.4 Å². The number of unbranched alkanes of at least 4 members (excludes halogenated alkanes) is 11. The maximum atomic E-state index is 12.9. The second-order valence-corrected chi connectivity index (χ2v) is 11.8. The van der Waals surface area contributed by atoms with Crippen LogP contribution in [0.4, 0.5) is 0 Å². The van der Waals surface area contributed by atoms with E-state index in [4.69, 9.17) is 5.73 Å². The van der Waals surface area contributed by atoms with Crippen LogP contribution in [-0.2, 0) is 19.2 Å². The van der Waals surface area contributed by atoms with Crippen LogP contribution in [0.1, 0.15) is 130 Å². The summed E-state index contributed by atoms with van der Waals surface area (Å²) in [7, 11) is 0. The van der Waals surface area contributed by atoms with Gasteiger partial charge in [0.1, 0.15) is 18.2 Å². The van der Waals surface area contributed by atoms with Crippen LogP contribution < -0.4 is 16.4 Å². The first-order valence-corrected chi connectivity index (χ1v) is 16.1. The molecule has 9 heteroatoms. The van der Waals surface area contributed by atoms with Crippen molar-refractivity contribution < 1.29 is 24.3 Å². The summed E-state index contributed by atoms with van der Waals surface area (Å²) in [5.74, 6) is -1.47. The Bertz CT molecular complexity index is 816. The summed E-state index contributed by atoms with van der Waals surface area (Å²) in [6, 6.07) is -3.01. The Balaban J connectivity index is 2.25. The minimum atomic E-state index is -1.29. The van der Waals surface area contributed by atoms with Crippen LogP contribution in [0.2, 0.25) is 0 Å². The number of amides is 3. The normalized spacial score (nSPS) is 18.2. The zero-order chi connectivity index (χ0) is 30.6. The fraction of sp³-hybridized carbons (Fsp3) is 0.812. The van der Waals surface area contributed by atoms with Crippen molar-refractivity contribution in [1.82, 2.24) is 15.5 Å². The lowest BCUT2D eigenvalue weighted by Crippen LogP contribution is -2.56. The summed E-state index contributed by atoms with van der Waals surface area (Å²) in [6.45, 7) is 7.35. The third kappa shape index (κ3) is 15.0. The number of ketones is 1. The van der Waals surface area contributed by atoms with Crippen LogP contribution in [0, 0.1) is 0 Å². The van der Waals surface area contributed by atoms with E-state index in [1.807, 2.05) is 0 Å². The Kier molecular flexibility index (Phi) is 19.2. The molecule has 0 aromatic carbocycles. The molecule has 3 amide bonds. The molecule has 9 nitrogen and oxygen atoms in total. The summed E-state index contributed by atoms with van der Waals surface area (Å²) in [4.78, 5) is 51.6. The first-order chi connectivity index (χ1) is 19.6. The van der Waals surface area contributed by atoms with Gasteiger partial charge in [-0.05, 0) is 65.7 Å². The van der Waals surface area contributed by atoms with Crippen molar-refractivity contribution >= 4 is 23.5 Å². The molecule has 1 aliphatic heterocycles. The highest BCUT2D eigenvalue weighted by Crippen LogP contribution is 2.19. The number of hydrogen-bond donors (Lipinski definition) is 4. The summed E-state index contributed by atoms with van der Waals surface area (Å²) in [5.41, 5.74) is 5.56. The van der Waals surface area contributed by atoms with Crippen molar-refractivity contribution in [1.29, 1.82) is 0 Å². The molecule has 0 aliphatic carbocycles. The SMILES string of the molecule is CCCCCCCC/C=C\CCCCCCCC(=O)C(O)[C@H](C)NC(=O)[C@@H]1CCCN1C(=O)[C@H](C)NC(=O)[C@H](C)N. The smallest absolute Gasteiger partial charge is 0.245 e. The average molecular weight is 579 g/mol. The topological polar surface area (TPSA) is 142 Å². The number of aliphatic hydroxyl groups excluding tert-OH is 1. The van der Waals surface area contributed by atoms with Gasteiger partial charge >= 0.3 is 0 Å². The van der Waals surface area contributed by atoms with Gasteiger partial charge in [-0.25, -0.2) is 0 Å². The summed E-state index contributed by atoms with van der Waals surface area (Å²) in [6.07, 6.45) is 20.0. The molecule has 1 heterocycles. The van der Waals surface area contributed by atoms with Crippen molar-refractivity contribution in [2.75, 3.05) is 6.54 Å². The minimum Gasteiger partial charge on any atom is -0.383 e. The summed E-state index contributed by atoms with van der Waals surface area (Å²) in [5, 5.41) is 15.8. The Morgan fingerprint density at radius 3 is 2.02 bits per heavy atom. The molecule has 1 fully saturated rings. The van der Waals surface area contributed by atoms with E-state index in [2.05, 4.69) is 29.7 Å². The molecule has 1 aliphatic rings. The monoisotopic (exact) mass is 578 g/mol. The molecular weight excluding hydrogens is 520 g/mol. The standard InChI is InChI=1S/C32H58N4O5/c1-5-6-7-8-9-10-11-12-13-14-15-16-17-18-19-22-28(37)29(38)25(3)34-31(40)27-21-20-23-36(27)32(41)26(4)35-30(39)24(2)33/h12-13,24-27,29,38H,5-11,14-23,33H2,1-4H3,(H,34,40)(H,35,39)/b13-12-/t24-,25-,26-,27-,29?/m0/s1. The number of Topliss-reactive ketones (excluding diaryl/α,β-unsaturated/α-hetero) is 1. The lowest BCUT2D eigenvalue weighted by molar-refractivity contribution is -0.141. The van der Waals surface area contributed by atoms with Gasteiger partial charge in [-0.1, -0.05) is 70.4 Å². The third-order valence-electron chi connectivity index (χ3n) is 7.84. The van der Waals surface area contributed by atoms with Gasteiger partial charge in [0.05, 0.1) is 12.1 Å². The molecule has 0 aromatic rings. The van der Waals surface area contributed by atoms with Crippen LogP contribution >= 0.6 is 0 Å². The van der Waals surface area contributed by atoms with Gasteiger partial charge in [0.15, 0.2) is 5.78 Å².